The van der Waals surface area contributed by atoms with Crippen molar-refractivity contribution in [1.29, 1.82) is 0 Å². The monoisotopic (exact) mass is 246 g/mol. The van der Waals surface area contributed by atoms with Gasteiger partial charge in [0.2, 0.25) is 0 Å². The number of benzene rings is 2. The Balaban J connectivity index is 0.00000180. The Kier molecular flexibility index (Phi) is 7.41. The second-order valence-electron chi connectivity index (χ2n) is 4.37. The topological polar surface area (TPSA) is 9.23 Å². The molecule has 1 nitrogen and oxygen atoms in total. The Morgan fingerprint density at radius 2 is 1.53 bits per heavy atom. The van der Waals surface area contributed by atoms with Crippen molar-refractivity contribution in [2.75, 3.05) is 6.61 Å². The molecule has 0 saturated carbocycles. The van der Waals surface area contributed by atoms with Crippen LogP contribution in [0.3, 0.4) is 0 Å². The van der Waals surface area contributed by atoms with Gasteiger partial charge in [-0.05, 0) is 24.1 Å². The standard InChI is InChI=1S/C17H19O.Li/c1-2-3-7-14-18-17-12-10-16(11-13-17)15-8-5-4-6-9-15;/h5-6,8-13H,2-3,7,14H2,1H3;/q-1;+1. The van der Waals surface area contributed by atoms with Gasteiger partial charge < -0.3 is 4.74 Å². The van der Waals surface area contributed by atoms with Crippen molar-refractivity contribution in [2.45, 2.75) is 26.2 Å². The smallest absolute Gasteiger partial charge is 0.494 e. The van der Waals surface area contributed by atoms with Crippen molar-refractivity contribution in [3.63, 3.8) is 0 Å². The van der Waals surface area contributed by atoms with Crippen LogP contribution < -0.4 is 23.6 Å². The van der Waals surface area contributed by atoms with Gasteiger partial charge in [-0.2, -0.15) is 30.3 Å². The molecule has 0 fully saturated rings. The summed E-state index contributed by atoms with van der Waals surface area (Å²) in [5, 5.41) is 0. The molecule has 0 saturated heterocycles. The van der Waals surface area contributed by atoms with Gasteiger partial charge in [0.25, 0.3) is 0 Å². The van der Waals surface area contributed by atoms with E-state index in [-0.39, 0.29) is 18.9 Å². The zero-order valence-electron chi connectivity index (χ0n) is 11.9. The van der Waals surface area contributed by atoms with E-state index in [1.807, 2.05) is 24.3 Å². The molecule has 0 unspecified atom stereocenters. The predicted octanol–water partition coefficient (Wildman–Crippen LogP) is 1.73. The molecule has 0 heterocycles. The fraction of sp³-hybridized carbons (Fsp3) is 0.294. The summed E-state index contributed by atoms with van der Waals surface area (Å²) in [7, 11) is 0. The van der Waals surface area contributed by atoms with Crippen LogP contribution in [0.5, 0.6) is 5.75 Å². The Hall–Kier alpha value is -1.16. The molecule has 0 aliphatic heterocycles. The fourth-order valence-corrected chi connectivity index (χ4v) is 1.87. The molecule has 2 heteroatoms. The molecule has 0 atom stereocenters. The molecular weight excluding hydrogens is 227 g/mol. The van der Waals surface area contributed by atoms with Crippen LogP contribution in [0.25, 0.3) is 11.1 Å². The van der Waals surface area contributed by atoms with E-state index in [2.05, 4.69) is 37.3 Å². The predicted molar refractivity (Wildman–Crippen MR) is 75.7 cm³/mol. The second-order valence-corrected chi connectivity index (χ2v) is 4.37. The van der Waals surface area contributed by atoms with E-state index in [0.29, 0.717) is 0 Å². The zero-order valence-corrected chi connectivity index (χ0v) is 11.9. The average molecular weight is 246 g/mol. The largest absolute Gasteiger partial charge is 1.00 e. The van der Waals surface area contributed by atoms with Gasteiger partial charge in [-0.15, -0.1) is 5.56 Å². The molecule has 2 rings (SSSR count). The summed E-state index contributed by atoms with van der Waals surface area (Å²) in [4.78, 5) is 0. The number of ether oxygens (including phenoxy) is 1. The SMILES string of the molecule is CCCCCOc1ccc(-c2cc[c-]cc2)cc1.[Li+]. The maximum absolute atomic E-state index is 5.69. The Morgan fingerprint density at radius 3 is 2.16 bits per heavy atom. The van der Waals surface area contributed by atoms with Gasteiger partial charge in [0.1, 0.15) is 5.75 Å². The summed E-state index contributed by atoms with van der Waals surface area (Å²) >= 11 is 0. The molecule has 0 bridgehead atoms. The van der Waals surface area contributed by atoms with E-state index in [4.69, 9.17) is 4.74 Å². The molecule has 2 aromatic rings. The Labute approximate surface area is 128 Å². The minimum Gasteiger partial charge on any atom is -0.494 e. The van der Waals surface area contributed by atoms with Crippen molar-refractivity contribution in [3.05, 3.63) is 54.6 Å². The van der Waals surface area contributed by atoms with Crippen LogP contribution in [0.1, 0.15) is 26.2 Å². The van der Waals surface area contributed by atoms with Gasteiger partial charge in [0.15, 0.2) is 0 Å². The van der Waals surface area contributed by atoms with Crippen LogP contribution in [0.4, 0.5) is 0 Å². The van der Waals surface area contributed by atoms with Crippen LogP contribution in [-0.2, 0) is 0 Å². The van der Waals surface area contributed by atoms with E-state index < -0.39 is 0 Å². The summed E-state index contributed by atoms with van der Waals surface area (Å²) in [6.07, 6.45) is 3.60. The molecule has 0 aromatic heterocycles. The number of unbranched alkanes of at least 4 members (excludes halogenated alkanes) is 2. The first-order chi connectivity index (χ1) is 8.90. The Bertz CT molecular complexity index is 450. The van der Waals surface area contributed by atoms with Crippen molar-refractivity contribution >= 4 is 0 Å². The normalized spacial score (nSPS) is 9.74. The van der Waals surface area contributed by atoms with E-state index in [9.17, 15) is 0 Å². The van der Waals surface area contributed by atoms with Gasteiger partial charge in [0.05, 0.1) is 6.61 Å². The van der Waals surface area contributed by atoms with Gasteiger partial charge >= 0.3 is 18.9 Å². The third-order valence-corrected chi connectivity index (χ3v) is 2.92. The minimum absolute atomic E-state index is 0. The van der Waals surface area contributed by atoms with Gasteiger partial charge in [0, 0.05) is 0 Å². The number of hydrogen-bond acceptors (Lipinski definition) is 1. The molecule has 94 valence electrons. The van der Waals surface area contributed by atoms with Crippen molar-refractivity contribution in [2.24, 2.45) is 0 Å². The molecule has 0 spiro atoms. The molecule has 0 radical (unpaired) electrons. The van der Waals surface area contributed by atoms with Crippen LogP contribution in [0, 0.1) is 6.07 Å². The molecule has 0 aliphatic carbocycles. The molecule has 0 N–H and O–H groups in total. The fourth-order valence-electron chi connectivity index (χ4n) is 1.87. The van der Waals surface area contributed by atoms with E-state index in [1.54, 1.807) is 0 Å². The van der Waals surface area contributed by atoms with Crippen LogP contribution in [0.2, 0.25) is 0 Å². The molecule has 2 aromatic carbocycles. The van der Waals surface area contributed by atoms with Crippen LogP contribution >= 0.6 is 0 Å². The molecule has 0 aliphatic rings. The first-order valence-electron chi connectivity index (χ1n) is 6.59. The number of hydrogen-bond donors (Lipinski definition) is 0. The Morgan fingerprint density at radius 1 is 0.895 bits per heavy atom. The van der Waals surface area contributed by atoms with E-state index in [1.165, 1.54) is 24.0 Å². The molecule has 0 amide bonds. The van der Waals surface area contributed by atoms with E-state index in [0.717, 1.165) is 18.8 Å². The van der Waals surface area contributed by atoms with Gasteiger partial charge in [-0.3, -0.25) is 0 Å². The summed E-state index contributed by atoms with van der Waals surface area (Å²) in [6.45, 7) is 3.01. The quantitative estimate of drug-likeness (QED) is 0.428. The first kappa shape index (κ1) is 15.9. The summed E-state index contributed by atoms with van der Waals surface area (Å²) in [5.74, 6) is 0.956. The minimum atomic E-state index is 0. The number of rotatable bonds is 6. The third kappa shape index (κ3) is 5.15. The molecular formula is C17H19LiO. The van der Waals surface area contributed by atoms with Crippen molar-refractivity contribution < 1.29 is 23.6 Å². The zero-order chi connectivity index (χ0) is 12.6. The summed E-state index contributed by atoms with van der Waals surface area (Å²) in [6, 6.07) is 19.3. The third-order valence-electron chi connectivity index (χ3n) is 2.92. The summed E-state index contributed by atoms with van der Waals surface area (Å²) < 4.78 is 5.69. The first-order valence-corrected chi connectivity index (χ1v) is 6.59. The van der Waals surface area contributed by atoms with Crippen molar-refractivity contribution in [3.8, 4) is 16.9 Å². The average Bonchev–Trinajstić information content (AvgIpc) is 2.45. The molecule has 19 heavy (non-hydrogen) atoms. The van der Waals surface area contributed by atoms with Crippen molar-refractivity contribution in [1.82, 2.24) is 0 Å². The van der Waals surface area contributed by atoms with Crippen LogP contribution in [-0.4, -0.2) is 6.61 Å². The van der Waals surface area contributed by atoms with Gasteiger partial charge in [-0.1, -0.05) is 31.9 Å². The maximum Gasteiger partial charge on any atom is 1.00 e. The van der Waals surface area contributed by atoms with E-state index >= 15 is 0 Å². The van der Waals surface area contributed by atoms with Crippen LogP contribution in [0.15, 0.2) is 48.5 Å². The maximum atomic E-state index is 5.69. The van der Waals surface area contributed by atoms with Gasteiger partial charge in [-0.25, -0.2) is 0 Å². The summed E-state index contributed by atoms with van der Waals surface area (Å²) in [5.41, 5.74) is 2.43. The second kappa shape index (κ2) is 8.86.